The van der Waals surface area contributed by atoms with E-state index in [0.29, 0.717) is 6.54 Å². The van der Waals surface area contributed by atoms with Crippen LogP contribution in [0.1, 0.15) is 38.5 Å². The maximum Gasteiger partial charge on any atom is 0.233 e. The maximum atomic E-state index is 12.4. The summed E-state index contributed by atoms with van der Waals surface area (Å²) in [7, 11) is 0. The molecule has 1 N–H and O–H groups in total. The van der Waals surface area contributed by atoms with Crippen molar-refractivity contribution < 1.29 is 14.7 Å². The number of hydrogen-bond acceptors (Lipinski definition) is 5. The van der Waals surface area contributed by atoms with Gasteiger partial charge in [-0.15, -0.1) is 0 Å². The average Bonchev–Trinajstić information content (AvgIpc) is 2.85. The Hall–Kier alpha value is -0.980. The number of nitrogens with zero attached hydrogens (tertiary/aromatic N) is 3. The molecule has 0 aromatic carbocycles. The van der Waals surface area contributed by atoms with Gasteiger partial charge < -0.3 is 10.0 Å². The number of carbonyl (C=O) groups is 2. The Morgan fingerprint density at radius 3 is 1.83 bits per heavy atom. The standard InChI is InChI=1S/C18H31N3O3/c22-14-13-20-11-9-19(10-12-20)7-3-4-8-21-17(23)15-5-1-2-6-16(15)18(21)24/h15-16,22H,1-14H2. The monoisotopic (exact) mass is 337 g/mol. The van der Waals surface area contributed by atoms with Crippen LogP contribution in [0.3, 0.4) is 0 Å². The molecule has 3 fully saturated rings. The highest BCUT2D eigenvalue weighted by Gasteiger charge is 2.47. The number of rotatable bonds is 7. The van der Waals surface area contributed by atoms with Gasteiger partial charge in [0.15, 0.2) is 0 Å². The highest BCUT2D eigenvalue weighted by atomic mass is 16.3. The summed E-state index contributed by atoms with van der Waals surface area (Å²) in [4.78, 5) is 31.1. The van der Waals surface area contributed by atoms with Crippen LogP contribution in [-0.4, -0.2) is 84.0 Å². The van der Waals surface area contributed by atoms with Gasteiger partial charge >= 0.3 is 0 Å². The fourth-order valence-corrected chi connectivity index (χ4v) is 4.43. The summed E-state index contributed by atoms with van der Waals surface area (Å²) in [5.74, 6) is 0.182. The summed E-state index contributed by atoms with van der Waals surface area (Å²) in [6, 6.07) is 0. The zero-order chi connectivity index (χ0) is 16.9. The van der Waals surface area contributed by atoms with Crippen molar-refractivity contribution in [2.24, 2.45) is 11.8 Å². The second kappa shape index (κ2) is 8.41. The molecule has 136 valence electrons. The quantitative estimate of drug-likeness (QED) is 0.543. The Labute approximate surface area is 144 Å². The van der Waals surface area contributed by atoms with Crippen LogP contribution >= 0.6 is 0 Å². The topological polar surface area (TPSA) is 64.1 Å². The molecular weight excluding hydrogens is 306 g/mol. The minimum atomic E-state index is -0.00847. The van der Waals surface area contributed by atoms with Crippen molar-refractivity contribution in [2.75, 3.05) is 52.4 Å². The number of hydrogen-bond donors (Lipinski definition) is 1. The lowest BCUT2D eigenvalue weighted by Crippen LogP contribution is -2.47. The van der Waals surface area contributed by atoms with Gasteiger partial charge in [0.05, 0.1) is 18.4 Å². The summed E-state index contributed by atoms with van der Waals surface area (Å²) < 4.78 is 0. The van der Waals surface area contributed by atoms with E-state index >= 15 is 0 Å². The lowest BCUT2D eigenvalue weighted by molar-refractivity contribution is -0.140. The van der Waals surface area contributed by atoms with E-state index in [1.807, 2.05) is 0 Å². The third kappa shape index (κ3) is 3.98. The number of fused-ring (bicyclic) bond motifs is 1. The van der Waals surface area contributed by atoms with E-state index in [4.69, 9.17) is 5.11 Å². The minimum absolute atomic E-state index is 0.00847. The predicted molar refractivity (Wildman–Crippen MR) is 91.4 cm³/mol. The number of unbranched alkanes of at least 4 members (excludes halogenated alkanes) is 1. The number of aliphatic hydroxyl groups is 1. The van der Waals surface area contributed by atoms with Gasteiger partial charge in [0.25, 0.3) is 0 Å². The Morgan fingerprint density at radius 1 is 0.792 bits per heavy atom. The lowest BCUT2D eigenvalue weighted by Gasteiger charge is -2.34. The van der Waals surface area contributed by atoms with Crippen LogP contribution in [0.25, 0.3) is 0 Å². The minimum Gasteiger partial charge on any atom is -0.395 e. The Morgan fingerprint density at radius 2 is 1.29 bits per heavy atom. The lowest BCUT2D eigenvalue weighted by atomic mass is 9.81. The van der Waals surface area contributed by atoms with E-state index in [1.165, 1.54) is 0 Å². The summed E-state index contributed by atoms with van der Waals surface area (Å²) in [6.07, 6.45) is 5.94. The van der Waals surface area contributed by atoms with Crippen LogP contribution in [0.5, 0.6) is 0 Å². The molecule has 0 spiro atoms. The Bertz CT molecular complexity index is 425. The molecule has 3 aliphatic rings. The van der Waals surface area contributed by atoms with Crippen molar-refractivity contribution in [3.63, 3.8) is 0 Å². The molecule has 0 radical (unpaired) electrons. The second-order valence-electron chi connectivity index (χ2n) is 7.44. The van der Waals surface area contributed by atoms with Crippen LogP contribution in [0, 0.1) is 11.8 Å². The van der Waals surface area contributed by atoms with Crippen molar-refractivity contribution in [1.29, 1.82) is 0 Å². The van der Waals surface area contributed by atoms with E-state index in [1.54, 1.807) is 4.90 Å². The SMILES string of the molecule is O=C1C2CCCCC2C(=O)N1CCCCN1CCN(CCO)CC1. The second-order valence-corrected chi connectivity index (χ2v) is 7.44. The van der Waals surface area contributed by atoms with Crippen molar-refractivity contribution in [2.45, 2.75) is 38.5 Å². The van der Waals surface area contributed by atoms with Gasteiger partial charge in [-0.25, -0.2) is 0 Å². The van der Waals surface area contributed by atoms with Gasteiger partial charge in [0, 0.05) is 39.3 Å². The molecule has 2 atom stereocenters. The number of likely N-dealkylation sites (tertiary alicyclic amines) is 1. The van der Waals surface area contributed by atoms with E-state index < -0.39 is 0 Å². The highest BCUT2D eigenvalue weighted by Crippen LogP contribution is 2.37. The number of piperazine rings is 1. The van der Waals surface area contributed by atoms with Gasteiger partial charge in [-0.3, -0.25) is 19.4 Å². The fourth-order valence-electron chi connectivity index (χ4n) is 4.43. The van der Waals surface area contributed by atoms with Gasteiger partial charge in [0.2, 0.25) is 11.8 Å². The molecule has 1 aliphatic carbocycles. The summed E-state index contributed by atoms with van der Waals surface area (Å²) in [5.41, 5.74) is 0. The molecular formula is C18H31N3O3. The summed E-state index contributed by atoms with van der Waals surface area (Å²) in [6.45, 7) is 6.79. The molecule has 2 aliphatic heterocycles. The summed E-state index contributed by atoms with van der Waals surface area (Å²) in [5, 5.41) is 8.97. The third-order valence-electron chi connectivity index (χ3n) is 5.92. The third-order valence-corrected chi connectivity index (χ3v) is 5.92. The van der Waals surface area contributed by atoms with Gasteiger partial charge in [-0.1, -0.05) is 12.8 Å². The molecule has 2 amide bonds. The summed E-state index contributed by atoms with van der Waals surface area (Å²) >= 11 is 0. The maximum absolute atomic E-state index is 12.4. The van der Waals surface area contributed by atoms with Crippen LogP contribution < -0.4 is 0 Å². The molecule has 0 bridgehead atoms. The van der Waals surface area contributed by atoms with Crippen LogP contribution in [0.4, 0.5) is 0 Å². The molecule has 24 heavy (non-hydrogen) atoms. The molecule has 6 heteroatoms. The fraction of sp³-hybridized carbons (Fsp3) is 0.889. The molecule has 6 nitrogen and oxygen atoms in total. The molecule has 0 aromatic rings. The normalized spacial score (nSPS) is 29.3. The first-order valence-corrected chi connectivity index (χ1v) is 9.61. The zero-order valence-electron chi connectivity index (χ0n) is 14.7. The Balaban J connectivity index is 1.35. The van der Waals surface area contributed by atoms with E-state index in [9.17, 15) is 9.59 Å². The van der Waals surface area contributed by atoms with Gasteiger partial charge in [-0.05, 0) is 32.2 Å². The number of carbonyl (C=O) groups excluding carboxylic acids is 2. The molecule has 2 saturated heterocycles. The molecule has 2 unspecified atom stereocenters. The number of imide groups is 1. The zero-order valence-corrected chi connectivity index (χ0v) is 14.7. The van der Waals surface area contributed by atoms with Crippen LogP contribution in [0.2, 0.25) is 0 Å². The van der Waals surface area contributed by atoms with Crippen LogP contribution in [-0.2, 0) is 9.59 Å². The van der Waals surface area contributed by atoms with E-state index in [0.717, 1.165) is 77.8 Å². The van der Waals surface area contributed by atoms with Gasteiger partial charge in [-0.2, -0.15) is 0 Å². The average molecular weight is 337 g/mol. The largest absolute Gasteiger partial charge is 0.395 e. The molecule has 2 heterocycles. The number of aliphatic hydroxyl groups excluding tert-OH is 1. The van der Waals surface area contributed by atoms with Crippen molar-refractivity contribution in [3.05, 3.63) is 0 Å². The molecule has 3 rings (SSSR count). The smallest absolute Gasteiger partial charge is 0.233 e. The van der Waals surface area contributed by atoms with Crippen molar-refractivity contribution in [3.8, 4) is 0 Å². The highest BCUT2D eigenvalue weighted by molar-refractivity contribution is 6.05. The number of amides is 2. The van der Waals surface area contributed by atoms with E-state index in [-0.39, 0.29) is 30.3 Å². The first-order valence-electron chi connectivity index (χ1n) is 9.61. The van der Waals surface area contributed by atoms with Crippen molar-refractivity contribution in [1.82, 2.24) is 14.7 Å². The first kappa shape index (κ1) is 17.8. The first-order chi connectivity index (χ1) is 11.7. The number of β-amino-alcohol motifs (C(OH)–C–C–N with tert-alkyl or cyclic N) is 1. The Kier molecular flexibility index (Phi) is 6.25. The predicted octanol–water partition coefficient (Wildman–Crippen LogP) is 0.552. The molecule has 0 aromatic heterocycles. The van der Waals surface area contributed by atoms with E-state index in [2.05, 4.69) is 9.80 Å². The van der Waals surface area contributed by atoms with Crippen molar-refractivity contribution >= 4 is 11.8 Å². The van der Waals surface area contributed by atoms with Crippen LogP contribution in [0.15, 0.2) is 0 Å². The van der Waals surface area contributed by atoms with Gasteiger partial charge in [0.1, 0.15) is 0 Å². The molecule has 1 saturated carbocycles.